The third-order valence-corrected chi connectivity index (χ3v) is 7.52. The van der Waals surface area contributed by atoms with Gasteiger partial charge < -0.3 is 15.1 Å². The zero-order valence-electron chi connectivity index (χ0n) is 23.8. The standard InChI is InChI=1S/C29H28BrFN8O4.CH4/c1-15(40)27-21-9-19(17-11-32-16(2)33-12-17)20(29(43)37(3)4)10-22(21)39(36-27)14-26(41)38-13-18(31)8-23(38)28(42)35-25-7-5-6-24(30)34-25;/h5-7,9-12,18,23H,8,13-14H2,1-4H3,(H,34,35,42);1H4/t18-,23+;/m1./s1. The molecule has 0 radical (unpaired) electrons. The van der Waals surface area contributed by atoms with Gasteiger partial charge in [0.05, 0.1) is 12.1 Å². The molecule has 1 saturated heterocycles. The molecule has 2 atom stereocenters. The van der Waals surface area contributed by atoms with Crippen LogP contribution >= 0.6 is 15.9 Å². The normalized spacial score (nSPS) is 16.0. The van der Waals surface area contributed by atoms with Gasteiger partial charge in [-0.1, -0.05) is 13.5 Å². The lowest BCUT2D eigenvalue weighted by molar-refractivity contribution is -0.137. The van der Waals surface area contributed by atoms with Gasteiger partial charge in [0.15, 0.2) is 5.78 Å². The highest BCUT2D eigenvalue weighted by molar-refractivity contribution is 9.10. The average molecular weight is 668 g/mol. The first-order chi connectivity index (χ1) is 20.4. The molecule has 44 heavy (non-hydrogen) atoms. The summed E-state index contributed by atoms with van der Waals surface area (Å²) in [5.41, 5.74) is 1.81. The third-order valence-electron chi connectivity index (χ3n) is 7.08. The van der Waals surface area contributed by atoms with Crippen molar-refractivity contribution in [2.75, 3.05) is 26.0 Å². The van der Waals surface area contributed by atoms with Crippen molar-refractivity contribution in [3.8, 4) is 11.1 Å². The second kappa shape index (κ2) is 13.0. The quantitative estimate of drug-likeness (QED) is 0.230. The second-order valence-electron chi connectivity index (χ2n) is 10.4. The summed E-state index contributed by atoms with van der Waals surface area (Å²) in [6.45, 7) is 2.43. The van der Waals surface area contributed by atoms with E-state index < -0.39 is 30.6 Å². The van der Waals surface area contributed by atoms with Crippen LogP contribution in [0.25, 0.3) is 22.0 Å². The fourth-order valence-electron chi connectivity index (χ4n) is 5.00. The Hall–Kier alpha value is -4.59. The Morgan fingerprint density at radius 1 is 1.14 bits per heavy atom. The number of ketones is 1. The number of aryl methyl sites for hydroxylation is 1. The molecule has 1 aromatic carbocycles. The minimum Gasteiger partial charge on any atom is -0.345 e. The summed E-state index contributed by atoms with van der Waals surface area (Å²) in [6, 6.07) is 7.13. The Balaban J connectivity index is 0.00000442. The van der Waals surface area contributed by atoms with Gasteiger partial charge in [0.2, 0.25) is 11.8 Å². The van der Waals surface area contributed by atoms with Gasteiger partial charge in [0, 0.05) is 56.3 Å². The number of alkyl halides is 1. The number of hydrogen-bond acceptors (Lipinski definition) is 8. The lowest BCUT2D eigenvalue weighted by Crippen LogP contribution is -2.44. The van der Waals surface area contributed by atoms with Crippen LogP contribution in [0.5, 0.6) is 0 Å². The number of benzene rings is 1. The van der Waals surface area contributed by atoms with Crippen LogP contribution in [-0.2, 0) is 16.1 Å². The molecule has 1 N–H and O–H groups in total. The first kappa shape index (κ1) is 32.3. The largest absolute Gasteiger partial charge is 0.345 e. The summed E-state index contributed by atoms with van der Waals surface area (Å²) < 4.78 is 16.4. The third kappa shape index (κ3) is 6.49. The van der Waals surface area contributed by atoms with E-state index in [2.05, 4.69) is 41.3 Å². The Kier molecular flexibility index (Phi) is 9.52. The summed E-state index contributed by atoms with van der Waals surface area (Å²) in [5.74, 6) is -1.00. The zero-order chi connectivity index (χ0) is 31.0. The minimum atomic E-state index is -1.40. The molecule has 1 aliphatic heterocycles. The Bertz CT molecular complexity index is 1760. The number of Topliss-reactive ketones (excluding diaryl/α,β-unsaturated/α-hetero) is 1. The highest BCUT2D eigenvalue weighted by atomic mass is 79.9. The predicted octanol–water partition coefficient (Wildman–Crippen LogP) is 4.08. The molecule has 14 heteroatoms. The van der Waals surface area contributed by atoms with Gasteiger partial charge in [-0.3, -0.25) is 23.9 Å². The van der Waals surface area contributed by atoms with Crippen LogP contribution in [0, 0.1) is 6.92 Å². The van der Waals surface area contributed by atoms with Gasteiger partial charge in [-0.05, 0) is 52.7 Å². The van der Waals surface area contributed by atoms with Crippen molar-refractivity contribution in [2.24, 2.45) is 0 Å². The maximum absolute atomic E-state index is 14.6. The molecule has 12 nitrogen and oxygen atoms in total. The number of pyridine rings is 1. The number of rotatable bonds is 7. The molecule has 5 rings (SSSR count). The molecule has 0 bridgehead atoms. The zero-order valence-corrected chi connectivity index (χ0v) is 25.4. The molecule has 3 amide bonds. The molecule has 0 aliphatic carbocycles. The second-order valence-corrected chi connectivity index (χ2v) is 11.2. The molecule has 4 heterocycles. The SMILES string of the molecule is C.CC(=O)c1nn(CC(=O)N2C[C@H](F)C[C@H]2C(=O)Nc2cccc(Br)n2)c2cc(C(=O)N(C)C)c(-c3cnc(C)nc3)cc12. The van der Waals surface area contributed by atoms with E-state index >= 15 is 0 Å². The van der Waals surface area contributed by atoms with Crippen LogP contribution in [0.2, 0.25) is 0 Å². The van der Waals surface area contributed by atoms with Crippen molar-refractivity contribution in [2.45, 2.75) is 46.5 Å². The van der Waals surface area contributed by atoms with E-state index in [1.807, 2.05) is 0 Å². The molecule has 3 aromatic heterocycles. The summed E-state index contributed by atoms with van der Waals surface area (Å²) in [4.78, 5) is 67.8. The first-order valence-electron chi connectivity index (χ1n) is 13.4. The van der Waals surface area contributed by atoms with Gasteiger partial charge >= 0.3 is 0 Å². The van der Waals surface area contributed by atoms with Gasteiger partial charge in [-0.15, -0.1) is 0 Å². The van der Waals surface area contributed by atoms with Crippen LogP contribution in [0.3, 0.4) is 0 Å². The number of amides is 3. The molecule has 4 aromatic rings. The van der Waals surface area contributed by atoms with Gasteiger partial charge in [0.25, 0.3) is 5.91 Å². The number of nitrogens with zero attached hydrogens (tertiary/aromatic N) is 7. The molecule has 230 valence electrons. The van der Waals surface area contributed by atoms with E-state index in [0.717, 1.165) is 0 Å². The maximum Gasteiger partial charge on any atom is 0.254 e. The Labute approximate surface area is 261 Å². The molecule has 0 saturated carbocycles. The number of aromatic nitrogens is 5. The first-order valence-corrected chi connectivity index (χ1v) is 14.2. The van der Waals surface area contributed by atoms with Crippen LogP contribution < -0.4 is 5.32 Å². The number of fused-ring (bicyclic) bond motifs is 1. The molecule has 0 spiro atoms. The molecular weight excluding hydrogens is 635 g/mol. The van der Waals surface area contributed by atoms with Crippen LogP contribution in [-0.4, -0.2) is 90.9 Å². The number of likely N-dealkylation sites (tertiary alicyclic amines) is 1. The summed E-state index contributed by atoms with van der Waals surface area (Å²) in [5, 5.41) is 7.48. The Morgan fingerprint density at radius 2 is 1.84 bits per heavy atom. The smallest absolute Gasteiger partial charge is 0.254 e. The molecule has 1 aliphatic rings. The summed E-state index contributed by atoms with van der Waals surface area (Å²) in [6.07, 6.45) is 1.61. The van der Waals surface area contributed by atoms with Gasteiger partial charge in [-0.25, -0.2) is 19.3 Å². The lowest BCUT2D eigenvalue weighted by Gasteiger charge is -2.23. The number of anilines is 1. The summed E-state index contributed by atoms with van der Waals surface area (Å²) >= 11 is 3.24. The number of hydrogen-bond donors (Lipinski definition) is 1. The highest BCUT2D eigenvalue weighted by Crippen LogP contribution is 2.32. The topological polar surface area (TPSA) is 143 Å². The van der Waals surface area contributed by atoms with Crippen molar-refractivity contribution in [3.63, 3.8) is 0 Å². The number of carbonyl (C=O) groups is 4. The van der Waals surface area contributed by atoms with Crippen molar-refractivity contribution in [1.29, 1.82) is 0 Å². The predicted molar refractivity (Wildman–Crippen MR) is 166 cm³/mol. The van der Waals surface area contributed by atoms with E-state index in [0.29, 0.717) is 32.5 Å². The summed E-state index contributed by atoms with van der Waals surface area (Å²) in [7, 11) is 3.22. The fraction of sp³-hybridized carbons (Fsp3) is 0.333. The number of halogens is 2. The van der Waals surface area contributed by atoms with E-state index in [9.17, 15) is 23.6 Å². The molecule has 0 unspecified atom stereocenters. The fourth-order valence-corrected chi connectivity index (χ4v) is 5.35. The van der Waals surface area contributed by atoms with E-state index in [1.165, 1.54) is 21.4 Å². The van der Waals surface area contributed by atoms with Crippen molar-refractivity contribution in [3.05, 3.63) is 64.4 Å². The molecule has 1 fully saturated rings. The van der Waals surface area contributed by atoms with Crippen molar-refractivity contribution >= 4 is 56.2 Å². The highest BCUT2D eigenvalue weighted by Gasteiger charge is 2.40. The van der Waals surface area contributed by atoms with E-state index in [1.54, 1.807) is 63.7 Å². The van der Waals surface area contributed by atoms with Crippen LogP contribution in [0.15, 0.2) is 47.3 Å². The van der Waals surface area contributed by atoms with Crippen LogP contribution in [0.1, 0.15) is 47.4 Å². The monoisotopic (exact) mass is 666 g/mol. The average Bonchev–Trinajstić information content (AvgIpc) is 3.53. The van der Waals surface area contributed by atoms with Gasteiger partial charge in [-0.2, -0.15) is 5.10 Å². The van der Waals surface area contributed by atoms with Crippen molar-refractivity contribution < 1.29 is 23.6 Å². The number of carbonyl (C=O) groups excluding carboxylic acids is 4. The van der Waals surface area contributed by atoms with E-state index in [-0.39, 0.29) is 49.2 Å². The Morgan fingerprint density at radius 3 is 2.48 bits per heavy atom. The minimum absolute atomic E-state index is 0. The maximum atomic E-state index is 14.6. The lowest BCUT2D eigenvalue weighted by atomic mass is 9.97. The van der Waals surface area contributed by atoms with Crippen LogP contribution in [0.4, 0.5) is 10.2 Å². The van der Waals surface area contributed by atoms with Crippen molar-refractivity contribution in [1.82, 2.24) is 34.5 Å². The van der Waals surface area contributed by atoms with E-state index in [4.69, 9.17) is 0 Å². The van der Waals surface area contributed by atoms with Gasteiger partial charge in [0.1, 0.15) is 40.7 Å². The number of nitrogens with one attached hydrogen (secondary N) is 1. The molecular formula is C30H32BrFN8O4.